The quantitative estimate of drug-likeness (QED) is 0.624. The van der Waals surface area contributed by atoms with Gasteiger partial charge in [0.25, 0.3) is 10.2 Å². The van der Waals surface area contributed by atoms with Crippen LogP contribution in [-0.4, -0.2) is 34.6 Å². The Labute approximate surface area is 98.6 Å². The van der Waals surface area contributed by atoms with Crippen LogP contribution >= 0.6 is 0 Å². The Balaban J connectivity index is 2.32. The molecule has 0 bridgehead atoms. The van der Waals surface area contributed by atoms with Crippen LogP contribution in [0.25, 0.3) is 0 Å². The molecule has 2 atom stereocenters. The molecule has 0 aliphatic carbocycles. The van der Waals surface area contributed by atoms with Crippen LogP contribution in [-0.2, 0) is 10.2 Å². The van der Waals surface area contributed by atoms with Crippen molar-refractivity contribution in [2.45, 2.75) is 26.7 Å². The van der Waals surface area contributed by atoms with E-state index in [1.807, 2.05) is 6.92 Å². The summed E-state index contributed by atoms with van der Waals surface area (Å²) in [5, 5.41) is 3.29. The summed E-state index contributed by atoms with van der Waals surface area (Å²) in [5.41, 5.74) is 0. The predicted octanol–water partition coefficient (Wildman–Crippen LogP) is 0.0660. The van der Waals surface area contributed by atoms with Crippen LogP contribution in [0.15, 0.2) is 0 Å². The van der Waals surface area contributed by atoms with Gasteiger partial charge in [0.2, 0.25) is 0 Å². The number of hydrogen-bond acceptors (Lipinski definition) is 3. The second-order valence-corrected chi connectivity index (χ2v) is 6.06. The van der Waals surface area contributed by atoms with Gasteiger partial charge < -0.3 is 5.32 Å². The fourth-order valence-electron chi connectivity index (χ4n) is 1.83. The molecule has 1 rings (SSSR count). The molecule has 5 nitrogen and oxygen atoms in total. The van der Waals surface area contributed by atoms with Gasteiger partial charge in [0, 0.05) is 13.1 Å². The topological polar surface area (TPSA) is 70.2 Å². The molecule has 3 N–H and O–H groups in total. The molecule has 0 aromatic rings. The Bertz CT molecular complexity index is 292. The SMILES string of the molecule is CCCNS(=O)(=O)NCC1CNCCC1C. The summed E-state index contributed by atoms with van der Waals surface area (Å²) in [4.78, 5) is 0. The smallest absolute Gasteiger partial charge is 0.276 e. The van der Waals surface area contributed by atoms with Crippen LogP contribution in [0.5, 0.6) is 0 Å². The van der Waals surface area contributed by atoms with Gasteiger partial charge in [0.15, 0.2) is 0 Å². The molecule has 1 heterocycles. The van der Waals surface area contributed by atoms with Crippen LogP contribution in [0.4, 0.5) is 0 Å². The summed E-state index contributed by atoms with van der Waals surface area (Å²) in [6.45, 7) is 7.08. The van der Waals surface area contributed by atoms with Crippen molar-refractivity contribution in [2.24, 2.45) is 11.8 Å². The maximum atomic E-state index is 11.5. The number of piperidine rings is 1. The molecule has 1 aliphatic rings. The fourth-order valence-corrected chi connectivity index (χ4v) is 2.84. The average molecular weight is 249 g/mol. The molecule has 6 heteroatoms. The molecular weight excluding hydrogens is 226 g/mol. The van der Waals surface area contributed by atoms with Crippen molar-refractivity contribution >= 4 is 10.2 Å². The summed E-state index contributed by atoms with van der Waals surface area (Å²) in [6.07, 6.45) is 1.93. The first-order chi connectivity index (χ1) is 7.55. The van der Waals surface area contributed by atoms with Gasteiger partial charge in [-0.25, -0.2) is 9.44 Å². The van der Waals surface area contributed by atoms with Gasteiger partial charge in [-0.15, -0.1) is 0 Å². The number of nitrogens with one attached hydrogen (secondary N) is 3. The van der Waals surface area contributed by atoms with Crippen molar-refractivity contribution in [3.05, 3.63) is 0 Å². The summed E-state index contributed by atoms with van der Waals surface area (Å²) in [5.74, 6) is 0.974. The molecule has 96 valence electrons. The Hall–Kier alpha value is -0.170. The van der Waals surface area contributed by atoms with Gasteiger partial charge in [-0.3, -0.25) is 0 Å². The largest absolute Gasteiger partial charge is 0.316 e. The first-order valence-electron chi connectivity index (χ1n) is 6.00. The highest BCUT2D eigenvalue weighted by Crippen LogP contribution is 2.17. The second-order valence-electron chi connectivity index (χ2n) is 4.48. The van der Waals surface area contributed by atoms with Gasteiger partial charge >= 0.3 is 0 Å². The lowest BCUT2D eigenvalue weighted by atomic mass is 9.88. The highest BCUT2D eigenvalue weighted by molar-refractivity contribution is 7.87. The zero-order valence-electron chi connectivity index (χ0n) is 10.1. The molecule has 0 amide bonds. The lowest BCUT2D eigenvalue weighted by Crippen LogP contribution is -2.45. The second kappa shape index (κ2) is 6.54. The Morgan fingerprint density at radius 3 is 2.75 bits per heavy atom. The van der Waals surface area contributed by atoms with Gasteiger partial charge in [-0.05, 0) is 37.8 Å². The molecule has 0 saturated carbocycles. The Morgan fingerprint density at radius 1 is 1.38 bits per heavy atom. The zero-order valence-corrected chi connectivity index (χ0v) is 10.9. The molecule has 0 spiro atoms. The zero-order chi connectivity index (χ0) is 12.0. The number of hydrogen-bond donors (Lipinski definition) is 3. The number of rotatable bonds is 6. The van der Waals surface area contributed by atoms with E-state index in [1.54, 1.807) is 0 Å². The molecule has 2 unspecified atom stereocenters. The van der Waals surface area contributed by atoms with E-state index in [0.717, 1.165) is 25.9 Å². The summed E-state index contributed by atoms with van der Waals surface area (Å²) in [7, 11) is -3.29. The van der Waals surface area contributed by atoms with Crippen molar-refractivity contribution in [1.82, 2.24) is 14.8 Å². The van der Waals surface area contributed by atoms with E-state index in [0.29, 0.717) is 24.9 Å². The van der Waals surface area contributed by atoms with Crippen molar-refractivity contribution < 1.29 is 8.42 Å². The van der Waals surface area contributed by atoms with Crippen LogP contribution < -0.4 is 14.8 Å². The molecule has 1 fully saturated rings. The predicted molar refractivity (Wildman–Crippen MR) is 65.4 cm³/mol. The fraction of sp³-hybridized carbons (Fsp3) is 1.00. The molecule has 1 aliphatic heterocycles. The minimum Gasteiger partial charge on any atom is -0.316 e. The summed E-state index contributed by atoms with van der Waals surface area (Å²) >= 11 is 0. The van der Waals surface area contributed by atoms with E-state index in [2.05, 4.69) is 21.7 Å². The molecule has 1 saturated heterocycles. The Morgan fingerprint density at radius 2 is 2.12 bits per heavy atom. The minimum absolute atomic E-state index is 0.395. The summed E-state index contributed by atoms with van der Waals surface area (Å²) < 4.78 is 28.1. The van der Waals surface area contributed by atoms with Gasteiger partial charge in [-0.1, -0.05) is 13.8 Å². The lowest BCUT2D eigenvalue weighted by molar-refractivity contribution is 0.275. The molecule has 0 aromatic heterocycles. The highest BCUT2D eigenvalue weighted by atomic mass is 32.2. The monoisotopic (exact) mass is 249 g/mol. The highest BCUT2D eigenvalue weighted by Gasteiger charge is 2.22. The molecule has 0 aromatic carbocycles. The Kier molecular flexibility index (Phi) is 5.68. The third-order valence-electron chi connectivity index (χ3n) is 3.07. The molecular formula is C10H23N3O2S. The van der Waals surface area contributed by atoms with Crippen molar-refractivity contribution in [1.29, 1.82) is 0 Å². The van der Waals surface area contributed by atoms with Gasteiger partial charge in [0.1, 0.15) is 0 Å². The van der Waals surface area contributed by atoms with Crippen molar-refractivity contribution in [2.75, 3.05) is 26.2 Å². The standard InChI is InChI=1S/C10H23N3O2S/c1-3-5-12-16(14,15)13-8-10-7-11-6-4-9(10)2/h9-13H,3-8H2,1-2H3. The third kappa shape index (κ3) is 4.78. The molecule has 0 radical (unpaired) electrons. The van der Waals surface area contributed by atoms with E-state index in [9.17, 15) is 8.42 Å². The average Bonchev–Trinajstić information content (AvgIpc) is 2.26. The van der Waals surface area contributed by atoms with Crippen molar-refractivity contribution in [3.8, 4) is 0 Å². The van der Waals surface area contributed by atoms with Gasteiger partial charge in [0.05, 0.1) is 0 Å². The first-order valence-corrected chi connectivity index (χ1v) is 7.48. The first kappa shape index (κ1) is 13.9. The third-order valence-corrected chi connectivity index (χ3v) is 4.20. The van der Waals surface area contributed by atoms with Crippen LogP contribution in [0.3, 0.4) is 0 Å². The normalized spacial score (nSPS) is 26.9. The van der Waals surface area contributed by atoms with E-state index < -0.39 is 10.2 Å². The molecule has 16 heavy (non-hydrogen) atoms. The van der Waals surface area contributed by atoms with Crippen LogP contribution in [0.2, 0.25) is 0 Å². The van der Waals surface area contributed by atoms with E-state index in [1.165, 1.54) is 0 Å². The van der Waals surface area contributed by atoms with Crippen LogP contribution in [0.1, 0.15) is 26.7 Å². The summed E-state index contributed by atoms with van der Waals surface area (Å²) in [6, 6.07) is 0. The minimum atomic E-state index is -3.29. The van der Waals surface area contributed by atoms with Gasteiger partial charge in [-0.2, -0.15) is 8.42 Å². The lowest BCUT2D eigenvalue weighted by Gasteiger charge is -2.29. The maximum absolute atomic E-state index is 11.5. The van der Waals surface area contributed by atoms with E-state index in [-0.39, 0.29) is 0 Å². The maximum Gasteiger partial charge on any atom is 0.276 e. The van der Waals surface area contributed by atoms with E-state index in [4.69, 9.17) is 0 Å². The van der Waals surface area contributed by atoms with Crippen LogP contribution in [0, 0.1) is 11.8 Å². The van der Waals surface area contributed by atoms with Crippen molar-refractivity contribution in [3.63, 3.8) is 0 Å². The van der Waals surface area contributed by atoms with E-state index >= 15 is 0 Å².